The topological polar surface area (TPSA) is 105 Å². The molecule has 7 nitrogen and oxygen atoms in total. The highest BCUT2D eigenvalue weighted by Crippen LogP contribution is 2.53. The average molecular weight is 402 g/mol. The van der Waals surface area contributed by atoms with Gasteiger partial charge < -0.3 is 19.8 Å². The zero-order valence-electron chi connectivity index (χ0n) is 16.8. The summed E-state index contributed by atoms with van der Waals surface area (Å²) in [6.45, 7) is 2.04. The van der Waals surface area contributed by atoms with Gasteiger partial charge in [0.05, 0.1) is 24.7 Å². The van der Waals surface area contributed by atoms with Gasteiger partial charge in [-0.05, 0) is 55.1 Å². The van der Waals surface area contributed by atoms with Crippen LogP contribution in [-0.4, -0.2) is 41.1 Å². The first kappa shape index (κ1) is 21.3. The summed E-state index contributed by atoms with van der Waals surface area (Å²) in [5.41, 5.74) is 1.95. The van der Waals surface area contributed by atoms with Crippen molar-refractivity contribution < 1.29 is 29.4 Å². The van der Waals surface area contributed by atoms with Crippen molar-refractivity contribution in [3.05, 3.63) is 29.8 Å². The lowest BCUT2D eigenvalue weighted by Crippen LogP contribution is -2.36. The Kier molecular flexibility index (Phi) is 6.90. The van der Waals surface area contributed by atoms with E-state index in [4.69, 9.17) is 14.7 Å². The van der Waals surface area contributed by atoms with Gasteiger partial charge >= 0.3 is 11.9 Å². The third-order valence-corrected chi connectivity index (χ3v) is 6.11. The molecule has 29 heavy (non-hydrogen) atoms. The number of fused-ring (bicyclic) bond motifs is 2. The lowest BCUT2D eigenvalue weighted by Gasteiger charge is -2.38. The summed E-state index contributed by atoms with van der Waals surface area (Å²) in [4.78, 5) is 27.6. The minimum atomic E-state index is -1.04. The van der Waals surface area contributed by atoms with Gasteiger partial charge in [-0.1, -0.05) is 24.2 Å². The van der Waals surface area contributed by atoms with Gasteiger partial charge in [0.2, 0.25) is 0 Å². The summed E-state index contributed by atoms with van der Waals surface area (Å²) in [6, 6.07) is 8.38. The number of hydrogen-bond donors (Lipinski definition) is 2. The molecule has 2 aliphatic rings. The van der Waals surface area contributed by atoms with Crippen molar-refractivity contribution in [3.8, 4) is 5.75 Å². The number of benzene rings is 1. The van der Waals surface area contributed by atoms with Crippen molar-refractivity contribution in [1.82, 2.24) is 0 Å². The van der Waals surface area contributed by atoms with Crippen molar-refractivity contribution in [3.63, 3.8) is 0 Å². The second-order valence-corrected chi connectivity index (χ2v) is 7.91. The van der Waals surface area contributed by atoms with Gasteiger partial charge in [0.15, 0.2) is 0 Å². The highest BCUT2D eigenvalue weighted by Gasteiger charge is 2.48. The largest absolute Gasteiger partial charge is 0.481 e. The third kappa shape index (κ3) is 4.96. The number of rotatable bonds is 8. The van der Waals surface area contributed by atoms with Crippen LogP contribution in [0, 0.1) is 23.8 Å². The van der Waals surface area contributed by atoms with Crippen molar-refractivity contribution in [2.24, 2.45) is 22.9 Å². The number of aliphatic hydroxyl groups is 1. The smallest absolute Gasteiger partial charge is 0.311 e. The Bertz CT molecular complexity index is 776. The highest BCUT2D eigenvalue weighted by atomic mass is 16.6. The molecule has 1 aromatic rings. The minimum Gasteiger partial charge on any atom is -0.481 e. The quantitative estimate of drug-likeness (QED) is 0.299. The number of hydrogen-bond acceptors (Lipinski definition) is 6. The summed E-state index contributed by atoms with van der Waals surface area (Å²) in [5, 5.41) is 23.6. The molecular weight excluding hydrogens is 374 g/mol. The molecule has 0 heterocycles. The molecular formula is C22H28NO6. The molecule has 2 bridgehead atoms. The summed E-state index contributed by atoms with van der Waals surface area (Å²) in [5.74, 6) is -0.546. The van der Waals surface area contributed by atoms with Crippen LogP contribution in [0.5, 0.6) is 5.75 Å². The van der Waals surface area contributed by atoms with E-state index in [1.54, 1.807) is 12.1 Å². The van der Waals surface area contributed by atoms with E-state index in [0.29, 0.717) is 5.92 Å². The summed E-state index contributed by atoms with van der Waals surface area (Å²) in [7, 11) is 1.54. The van der Waals surface area contributed by atoms with Crippen molar-refractivity contribution in [1.29, 1.82) is 0 Å². The number of carboxylic acids is 1. The molecule has 2 aliphatic carbocycles. The Morgan fingerprint density at radius 1 is 1.28 bits per heavy atom. The van der Waals surface area contributed by atoms with E-state index in [0.717, 1.165) is 37.0 Å². The molecule has 3 rings (SSSR count). The number of aliphatic hydroxyl groups excluding tert-OH is 1. The molecule has 5 atom stereocenters. The molecule has 0 aromatic heterocycles. The number of ether oxygens (including phenoxy) is 1. The van der Waals surface area contributed by atoms with Gasteiger partial charge in [0.1, 0.15) is 12.9 Å². The van der Waals surface area contributed by atoms with Crippen LogP contribution in [0.15, 0.2) is 23.4 Å². The van der Waals surface area contributed by atoms with Crippen LogP contribution in [0.1, 0.15) is 56.9 Å². The SMILES string of the molecule is CCC(=NOC)[C@H]1[C@@H](c2cc[c]c(OC(=O)CCC(=O)O)c2)CC2CC(O)[C@H]1C2. The second kappa shape index (κ2) is 9.39. The Balaban J connectivity index is 1.84. The average Bonchev–Trinajstić information content (AvgIpc) is 2.99. The van der Waals surface area contributed by atoms with Crippen LogP contribution < -0.4 is 4.74 Å². The number of nitrogens with zero attached hydrogens (tertiary/aromatic N) is 1. The number of aliphatic carboxylic acids is 1. The molecule has 2 saturated carbocycles. The van der Waals surface area contributed by atoms with Crippen molar-refractivity contribution in [2.45, 2.75) is 57.5 Å². The van der Waals surface area contributed by atoms with E-state index in [2.05, 4.69) is 11.2 Å². The van der Waals surface area contributed by atoms with E-state index in [9.17, 15) is 14.7 Å². The number of esters is 1. The molecule has 2 fully saturated rings. The fourth-order valence-corrected chi connectivity index (χ4v) is 4.97. The van der Waals surface area contributed by atoms with E-state index in [1.165, 1.54) is 7.11 Å². The second-order valence-electron chi connectivity index (χ2n) is 7.91. The normalized spacial score (nSPS) is 28.8. The van der Waals surface area contributed by atoms with Crippen LogP contribution in [-0.2, 0) is 14.4 Å². The van der Waals surface area contributed by atoms with Gasteiger partial charge in [-0.3, -0.25) is 9.59 Å². The predicted molar refractivity (Wildman–Crippen MR) is 106 cm³/mol. The lowest BCUT2D eigenvalue weighted by molar-refractivity contribution is -0.142. The molecule has 1 aromatic carbocycles. The summed E-state index contributed by atoms with van der Waals surface area (Å²) >= 11 is 0. The molecule has 0 aliphatic heterocycles. The fourth-order valence-electron chi connectivity index (χ4n) is 4.97. The van der Waals surface area contributed by atoms with E-state index < -0.39 is 11.9 Å². The van der Waals surface area contributed by atoms with Gasteiger partial charge in [-0.15, -0.1) is 0 Å². The van der Waals surface area contributed by atoms with E-state index >= 15 is 0 Å². The Morgan fingerprint density at radius 2 is 2.07 bits per heavy atom. The van der Waals surface area contributed by atoms with E-state index in [-0.39, 0.29) is 42.4 Å². The highest BCUT2D eigenvalue weighted by molar-refractivity contribution is 5.87. The van der Waals surface area contributed by atoms with Gasteiger partial charge in [0, 0.05) is 12.0 Å². The number of carbonyl (C=O) groups excluding carboxylic acids is 1. The molecule has 0 saturated heterocycles. The molecule has 7 heteroatoms. The predicted octanol–water partition coefficient (Wildman–Crippen LogP) is 3.16. The Hall–Kier alpha value is -2.41. The van der Waals surface area contributed by atoms with Crippen molar-refractivity contribution >= 4 is 17.7 Å². The van der Waals surface area contributed by atoms with Crippen LogP contribution in [0.2, 0.25) is 0 Å². The summed E-state index contributed by atoms with van der Waals surface area (Å²) < 4.78 is 5.29. The van der Waals surface area contributed by atoms with E-state index in [1.807, 2.05) is 13.0 Å². The minimum absolute atomic E-state index is 0.0617. The zero-order chi connectivity index (χ0) is 21.0. The fraction of sp³-hybridized carbons (Fsp3) is 0.591. The Morgan fingerprint density at radius 3 is 2.76 bits per heavy atom. The molecule has 2 N–H and O–H groups in total. The van der Waals surface area contributed by atoms with Crippen LogP contribution in [0.4, 0.5) is 0 Å². The summed E-state index contributed by atoms with van der Waals surface area (Å²) in [6.07, 6.45) is 2.66. The standard InChI is InChI=1S/C22H28NO6/c1-3-18(23-28-2)22-16(9-13-10-17(22)19(24)11-13)14-5-4-6-15(12-14)29-21(27)8-7-20(25)26/h4-5,12-13,16-17,19,22,24H,3,7-11H2,1-2H3,(H,25,26)/t13?,16-,17-,19?,22+/m1/s1. The number of oxime groups is 1. The first-order chi connectivity index (χ1) is 13.9. The molecule has 0 spiro atoms. The lowest BCUT2D eigenvalue weighted by atomic mass is 9.67. The molecule has 1 radical (unpaired) electrons. The van der Waals surface area contributed by atoms with Crippen LogP contribution in [0.3, 0.4) is 0 Å². The van der Waals surface area contributed by atoms with Crippen molar-refractivity contribution in [2.75, 3.05) is 7.11 Å². The van der Waals surface area contributed by atoms with Crippen LogP contribution in [0.25, 0.3) is 0 Å². The zero-order valence-corrected chi connectivity index (χ0v) is 16.8. The maximum Gasteiger partial charge on any atom is 0.311 e. The van der Waals surface area contributed by atoms with Gasteiger partial charge in [-0.25, -0.2) is 0 Å². The maximum atomic E-state index is 11.9. The maximum absolute atomic E-state index is 11.9. The molecule has 2 unspecified atom stereocenters. The number of carboxylic acid groups (broad SMARTS) is 1. The molecule has 157 valence electrons. The first-order valence-corrected chi connectivity index (χ1v) is 10.1. The third-order valence-electron chi connectivity index (χ3n) is 6.11. The number of carbonyl (C=O) groups is 2. The molecule has 0 amide bonds. The van der Waals surface area contributed by atoms with Gasteiger partial charge in [-0.2, -0.15) is 0 Å². The van der Waals surface area contributed by atoms with Crippen LogP contribution >= 0.6 is 0 Å². The first-order valence-electron chi connectivity index (χ1n) is 10.1. The monoisotopic (exact) mass is 402 g/mol. The van der Waals surface area contributed by atoms with Gasteiger partial charge in [0.25, 0.3) is 0 Å². The Labute approximate surface area is 170 Å².